The largest absolute Gasteiger partial charge is 0.377 e. The molecule has 112 valence electrons. The molecule has 2 heterocycles. The molecule has 1 aromatic heterocycles. The summed E-state index contributed by atoms with van der Waals surface area (Å²) in [4.78, 5) is 3.76. The third-order valence-corrected chi connectivity index (χ3v) is 6.10. The normalized spacial score (nSPS) is 33.0. The van der Waals surface area contributed by atoms with Crippen LogP contribution < -0.4 is 5.32 Å². The van der Waals surface area contributed by atoms with E-state index in [9.17, 15) is 0 Å². The number of thiophene rings is 1. The fourth-order valence-corrected chi connectivity index (χ4v) is 4.92. The van der Waals surface area contributed by atoms with Crippen molar-refractivity contribution in [2.24, 2.45) is 11.3 Å². The topological polar surface area (TPSA) is 24.5 Å². The average Bonchev–Trinajstić information content (AvgIpc) is 3.03. The van der Waals surface area contributed by atoms with Gasteiger partial charge in [0.15, 0.2) is 0 Å². The van der Waals surface area contributed by atoms with E-state index in [1.54, 1.807) is 0 Å². The number of hydrogen-bond donors (Lipinski definition) is 1. The van der Waals surface area contributed by atoms with Crippen molar-refractivity contribution in [3.63, 3.8) is 0 Å². The highest BCUT2D eigenvalue weighted by molar-refractivity contribution is 7.10. The Hall–Kier alpha value is -0.420. The highest BCUT2D eigenvalue weighted by Crippen LogP contribution is 2.52. The summed E-state index contributed by atoms with van der Waals surface area (Å²) in [6.45, 7) is 6.64. The number of nitrogens with zero attached hydrogens (tertiary/aromatic N) is 1. The van der Waals surface area contributed by atoms with Crippen LogP contribution in [0.1, 0.15) is 31.2 Å². The molecule has 0 amide bonds. The molecule has 2 aliphatic rings. The highest BCUT2D eigenvalue weighted by Gasteiger charge is 2.59. The van der Waals surface area contributed by atoms with Gasteiger partial charge >= 0.3 is 0 Å². The van der Waals surface area contributed by atoms with Gasteiger partial charge in [0.1, 0.15) is 0 Å². The molecule has 4 heteroatoms. The van der Waals surface area contributed by atoms with Crippen LogP contribution in [0.2, 0.25) is 0 Å². The Bertz CT molecular complexity index is 443. The Balaban J connectivity index is 1.63. The number of fused-ring (bicyclic) bond motifs is 1. The minimum absolute atomic E-state index is 0.271. The van der Waals surface area contributed by atoms with E-state index in [1.807, 2.05) is 11.3 Å². The third kappa shape index (κ3) is 2.33. The number of ether oxygens (including phenoxy) is 1. The van der Waals surface area contributed by atoms with Gasteiger partial charge in [0, 0.05) is 35.4 Å². The maximum absolute atomic E-state index is 5.88. The molecule has 4 unspecified atom stereocenters. The maximum Gasteiger partial charge on any atom is 0.0685 e. The Kier molecular flexibility index (Phi) is 3.93. The van der Waals surface area contributed by atoms with Crippen molar-refractivity contribution in [2.75, 3.05) is 27.2 Å². The molecular weight excluding hydrogens is 268 g/mol. The van der Waals surface area contributed by atoms with Crippen LogP contribution in [-0.4, -0.2) is 44.3 Å². The number of likely N-dealkylation sites (N-methyl/N-ethyl adjacent to an activating group) is 1. The van der Waals surface area contributed by atoms with Gasteiger partial charge in [-0.1, -0.05) is 19.9 Å². The summed E-state index contributed by atoms with van der Waals surface area (Å²) < 4.78 is 5.88. The van der Waals surface area contributed by atoms with Crippen molar-refractivity contribution in [1.82, 2.24) is 10.2 Å². The van der Waals surface area contributed by atoms with Crippen molar-refractivity contribution in [1.29, 1.82) is 0 Å². The van der Waals surface area contributed by atoms with Gasteiger partial charge in [-0.05, 0) is 32.0 Å². The lowest BCUT2D eigenvalue weighted by atomic mass is 9.57. The lowest BCUT2D eigenvalue weighted by Crippen LogP contribution is -2.66. The molecule has 0 spiro atoms. The van der Waals surface area contributed by atoms with E-state index < -0.39 is 0 Å². The van der Waals surface area contributed by atoms with E-state index in [1.165, 1.54) is 11.3 Å². The summed E-state index contributed by atoms with van der Waals surface area (Å²) in [5.74, 6) is 0.719. The standard InChI is InChI=1S/C16H26N2OS/c1-16(2)14(11-7-8-19-15(11)16)17-10-12(18(3)4)13-6-5-9-20-13/h5-6,9,11-12,14-15,17H,7-8,10H2,1-4H3. The van der Waals surface area contributed by atoms with Crippen LogP contribution in [0.4, 0.5) is 0 Å². The number of nitrogens with one attached hydrogen (secondary N) is 1. The molecule has 1 aliphatic carbocycles. The van der Waals surface area contributed by atoms with Crippen LogP contribution in [0.3, 0.4) is 0 Å². The third-order valence-electron chi connectivity index (χ3n) is 5.13. The molecule has 1 N–H and O–H groups in total. The minimum Gasteiger partial charge on any atom is -0.377 e. The Morgan fingerprint density at radius 2 is 2.30 bits per heavy atom. The van der Waals surface area contributed by atoms with Crippen molar-refractivity contribution in [3.8, 4) is 0 Å². The van der Waals surface area contributed by atoms with Gasteiger partial charge in [-0.15, -0.1) is 11.3 Å². The molecule has 4 atom stereocenters. The fraction of sp³-hybridized carbons (Fsp3) is 0.750. The second kappa shape index (κ2) is 5.41. The van der Waals surface area contributed by atoms with Crippen LogP contribution >= 0.6 is 11.3 Å². The van der Waals surface area contributed by atoms with E-state index in [4.69, 9.17) is 4.74 Å². The molecule has 1 saturated carbocycles. The Labute approximate surface area is 126 Å². The van der Waals surface area contributed by atoms with Crippen molar-refractivity contribution in [2.45, 2.75) is 38.5 Å². The molecule has 0 radical (unpaired) electrons. The van der Waals surface area contributed by atoms with Gasteiger partial charge in [0.25, 0.3) is 0 Å². The molecule has 1 saturated heterocycles. The van der Waals surface area contributed by atoms with E-state index in [0.29, 0.717) is 18.2 Å². The number of hydrogen-bond acceptors (Lipinski definition) is 4. The molecule has 20 heavy (non-hydrogen) atoms. The summed E-state index contributed by atoms with van der Waals surface area (Å²) in [7, 11) is 4.33. The first-order chi connectivity index (χ1) is 9.51. The summed E-state index contributed by atoms with van der Waals surface area (Å²) in [5.41, 5.74) is 0.271. The molecule has 1 aromatic rings. The molecule has 0 aromatic carbocycles. The maximum atomic E-state index is 5.88. The summed E-state index contributed by atoms with van der Waals surface area (Å²) >= 11 is 1.85. The monoisotopic (exact) mass is 294 g/mol. The van der Waals surface area contributed by atoms with Gasteiger partial charge in [-0.3, -0.25) is 0 Å². The predicted molar refractivity (Wildman–Crippen MR) is 84.2 cm³/mol. The highest BCUT2D eigenvalue weighted by atomic mass is 32.1. The lowest BCUT2D eigenvalue weighted by Gasteiger charge is -2.55. The van der Waals surface area contributed by atoms with Crippen LogP contribution in [0.15, 0.2) is 17.5 Å². The van der Waals surface area contributed by atoms with E-state index in [2.05, 4.69) is 55.7 Å². The van der Waals surface area contributed by atoms with Gasteiger partial charge in [0.05, 0.1) is 12.1 Å². The average molecular weight is 294 g/mol. The fourth-order valence-electron chi connectivity index (χ4n) is 4.00. The first kappa shape index (κ1) is 14.5. The zero-order valence-corrected chi connectivity index (χ0v) is 13.7. The van der Waals surface area contributed by atoms with Gasteiger partial charge in [0.2, 0.25) is 0 Å². The lowest BCUT2D eigenvalue weighted by molar-refractivity contribution is -0.113. The zero-order chi connectivity index (χ0) is 14.3. The molecule has 3 nitrogen and oxygen atoms in total. The summed E-state index contributed by atoms with van der Waals surface area (Å²) in [6, 6.07) is 5.44. The Morgan fingerprint density at radius 3 is 2.95 bits per heavy atom. The van der Waals surface area contributed by atoms with E-state index >= 15 is 0 Å². The molecule has 3 rings (SSSR count). The van der Waals surface area contributed by atoms with Crippen LogP contribution in [0.25, 0.3) is 0 Å². The first-order valence-corrected chi connectivity index (χ1v) is 8.44. The van der Waals surface area contributed by atoms with Crippen molar-refractivity contribution < 1.29 is 4.74 Å². The first-order valence-electron chi connectivity index (χ1n) is 7.56. The predicted octanol–water partition coefficient (Wildman–Crippen LogP) is 2.75. The van der Waals surface area contributed by atoms with E-state index in [-0.39, 0.29) is 5.41 Å². The Morgan fingerprint density at radius 1 is 1.50 bits per heavy atom. The molecule has 2 fully saturated rings. The summed E-state index contributed by atoms with van der Waals surface area (Å²) in [6.07, 6.45) is 1.69. The van der Waals surface area contributed by atoms with Crippen LogP contribution in [0, 0.1) is 11.3 Å². The quantitative estimate of drug-likeness (QED) is 0.904. The second-order valence-corrected chi connectivity index (χ2v) is 7.93. The van der Waals surface area contributed by atoms with E-state index in [0.717, 1.165) is 19.1 Å². The van der Waals surface area contributed by atoms with Gasteiger partial charge < -0.3 is 15.0 Å². The molecule has 0 bridgehead atoms. The summed E-state index contributed by atoms with van der Waals surface area (Å²) in [5, 5.41) is 6.00. The smallest absolute Gasteiger partial charge is 0.0685 e. The SMILES string of the molecule is CN(C)C(CNC1C2CCOC2C1(C)C)c1cccs1. The minimum atomic E-state index is 0.271. The van der Waals surface area contributed by atoms with Crippen LogP contribution in [-0.2, 0) is 4.74 Å². The zero-order valence-electron chi connectivity index (χ0n) is 12.9. The van der Waals surface area contributed by atoms with Gasteiger partial charge in [-0.2, -0.15) is 0 Å². The molecular formula is C16H26N2OS. The molecule has 1 aliphatic heterocycles. The van der Waals surface area contributed by atoms with Crippen molar-refractivity contribution >= 4 is 11.3 Å². The van der Waals surface area contributed by atoms with Crippen molar-refractivity contribution in [3.05, 3.63) is 22.4 Å². The second-order valence-electron chi connectivity index (χ2n) is 6.95. The van der Waals surface area contributed by atoms with Gasteiger partial charge in [-0.25, -0.2) is 0 Å². The van der Waals surface area contributed by atoms with Crippen LogP contribution in [0.5, 0.6) is 0 Å². The number of rotatable bonds is 5.